The molecule has 0 fully saturated rings. The lowest BCUT2D eigenvalue weighted by Crippen LogP contribution is -2.32. The minimum atomic E-state index is -0.332. The number of rotatable bonds is 6. The van der Waals surface area contributed by atoms with E-state index in [1.807, 2.05) is 24.3 Å². The van der Waals surface area contributed by atoms with Gasteiger partial charge in [0.05, 0.1) is 11.0 Å². The Morgan fingerprint density at radius 1 is 1.10 bits per heavy atom. The van der Waals surface area contributed by atoms with Crippen LogP contribution in [0.5, 0.6) is 0 Å². The van der Waals surface area contributed by atoms with Crippen LogP contribution >= 0.6 is 0 Å². The van der Waals surface area contributed by atoms with Gasteiger partial charge in [0.1, 0.15) is 5.82 Å². The Labute approximate surface area is 167 Å². The molecule has 152 valence electrons. The van der Waals surface area contributed by atoms with Crippen molar-refractivity contribution in [3.63, 3.8) is 0 Å². The molecule has 0 spiro atoms. The quantitative estimate of drug-likeness (QED) is 0.649. The molecule has 29 heavy (non-hydrogen) atoms. The van der Waals surface area contributed by atoms with E-state index in [2.05, 4.69) is 16.0 Å². The summed E-state index contributed by atoms with van der Waals surface area (Å²) in [6, 6.07) is 13.4. The zero-order chi connectivity index (χ0) is 19.5. The molecule has 3 N–H and O–H groups in total. The van der Waals surface area contributed by atoms with Crippen molar-refractivity contribution in [2.75, 3.05) is 19.6 Å². The Morgan fingerprint density at radius 2 is 1.86 bits per heavy atom. The molecule has 0 aliphatic carbocycles. The van der Waals surface area contributed by atoms with E-state index in [4.69, 9.17) is 0 Å². The highest BCUT2D eigenvalue weighted by molar-refractivity contribution is 5.95. The lowest BCUT2D eigenvalue weighted by Gasteiger charge is -2.26. The number of H-pyrrole nitrogens is 1. The van der Waals surface area contributed by atoms with Gasteiger partial charge >= 0.3 is 5.69 Å². The van der Waals surface area contributed by atoms with Crippen LogP contribution in [0.3, 0.4) is 0 Å². The molecule has 1 aliphatic rings. The van der Waals surface area contributed by atoms with Gasteiger partial charge in [-0.25, -0.2) is 9.18 Å². The summed E-state index contributed by atoms with van der Waals surface area (Å²) in [5, 5.41) is 0. The number of nitrogens with zero attached hydrogens (tertiary/aromatic N) is 2. The summed E-state index contributed by atoms with van der Waals surface area (Å²) in [7, 11) is 0. The number of Topliss-reactive ketones (excluding diaryl/α,β-unsaturated/α-hetero) is 1. The number of para-hydroxylation sites is 2. The molecule has 0 saturated carbocycles. The Balaban J connectivity index is 0.00000240. The molecule has 0 unspecified atom stereocenters. The number of halogens is 1. The van der Waals surface area contributed by atoms with Crippen LogP contribution in [0.1, 0.15) is 29.6 Å². The first kappa shape index (κ1) is 20.7. The maximum absolute atomic E-state index is 12.9. The van der Waals surface area contributed by atoms with Crippen LogP contribution in [0.2, 0.25) is 0 Å². The number of nitrogens with one attached hydrogen (secondary N) is 1. The zero-order valence-corrected chi connectivity index (χ0v) is 16.0. The molecule has 6 nitrogen and oxygen atoms in total. The highest BCUT2D eigenvalue weighted by Crippen LogP contribution is 2.20. The van der Waals surface area contributed by atoms with Crippen LogP contribution in [0, 0.1) is 5.82 Å². The molecule has 0 bridgehead atoms. The average molecular weight is 397 g/mol. The summed E-state index contributed by atoms with van der Waals surface area (Å²) < 4.78 is 14.7. The number of benzene rings is 2. The molecule has 1 aliphatic heterocycles. The van der Waals surface area contributed by atoms with E-state index in [0.29, 0.717) is 12.0 Å². The van der Waals surface area contributed by atoms with Gasteiger partial charge in [-0.1, -0.05) is 18.2 Å². The number of aromatic amines is 1. The summed E-state index contributed by atoms with van der Waals surface area (Å²) >= 11 is 0. The van der Waals surface area contributed by atoms with Crippen molar-refractivity contribution in [2.45, 2.75) is 19.3 Å². The van der Waals surface area contributed by atoms with Crippen LogP contribution in [0.4, 0.5) is 4.39 Å². The van der Waals surface area contributed by atoms with E-state index in [9.17, 15) is 14.0 Å². The van der Waals surface area contributed by atoms with Gasteiger partial charge in [-0.2, -0.15) is 0 Å². The van der Waals surface area contributed by atoms with Gasteiger partial charge in [0, 0.05) is 37.2 Å². The predicted molar refractivity (Wildman–Crippen MR) is 111 cm³/mol. The maximum Gasteiger partial charge on any atom is 0.330 e. The van der Waals surface area contributed by atoms with Gasteiger partial charge in [0.25, 0.3) is 0 Å². The second-order valence-electron chi connectivity index (χ2n) is 7.06. The molecule has 4 rings (SSSR count). The molecule has 2 heterocycles. The fourth-order valence-electron chi connectivity index (χ4n) is 3.69. The standard InChI is InChI=1S/C22H22FN3O2.H2O/c23-17-9-7-16(8-10-17)21(27)6-3-13-25-14-11-18(12-15-25)26-20-5-2-1-4-19(20)24-22(26)28;/h1-2,4-5,7-11H,3,6,12-15H2,(H,24,28);1H2. The van der Waals surface area contributed by atoms with Crippen LogP contribution in [-0.2, 0) is 0 Å². The van der Waals surface area contributed by atoms with Gasteiger partial charge in [0.15, 0.2) is 5.78 Å². The number of hydrogen-bond acceptors (Lipinski definition) is 3. The summed E-state index contributed by atoms with van der Waals surface area (Å²) in [6.45, 7) is 2.42. The number of aromatic nitrogens is 2. The lowest BCUT2D eigenvalue weighted by atomic mass is 10.1. The third-order valence-electron chi connectivity index (χ3n) is 5.19. The molecule has 1 aromatic heterocycles. The summed E-state index contributed by atoms with van der Waals surface area (Å²) in [5.41, 5.74) is 3.21. The normalized spacial score (nSPS) is 14.4. The highest BCUT2D eigenvalue weighted by atomic mass is 19.1. The van der Waals surface area contributed by atoms with Gasteiger partial charge < -0.3 is 10.5 Å². The molecular weight excluding hydrogens is 373 g/mol. The monoisotopic (exact) mass is 397 g/mol. The van der Waals surface area contributed by atoms with E-state index in [0.717, 1.165) is 49.2 Å². The molecule has 0 radical (unpaired) electrons. The third kappa shape index (κ3) is 4.52. The molecule has 0 atom stereocenters. The number of ketones is 1. The smallest absolute Gasteiger partial charge is 0.330 e. The minimum Gasteiger partial charge on any atom is -0.412 e. The lowest BCUT2D eigenvalue weighted by molar-refractivity contribution is 0.0975. The Morgan fingerprint density at radius 3 is 2.59 bits per heavy atom. The highest BCUT2D eigenvalue weighted by Gasteiger charge is 2.17. The fourth-order valence-corrected chi connectivity index (χ4v) is 3.69. The van der Waals surface area contributed by atoms with Gasteiger partial charge in [-0.15, -0.1) is 0 Å². The van der Waals surface area contributed by atoms with Crippen LogP contribution in [0.15, 0.2) is 59.4 Å². The van der Waals surface area contributed by atoms with Gasteiger partial charge in [-0.3, -0.25) is 14.3 Å². The molecule has 3 aromatic rings. The SMILES string of the molecule is O.O=C(CCCN1CC=C(n2c(=O)[nH]c3ccccc32)CC1)c1ccc(F)cc1. The van der Waals surface area contributed by atoms with Gasteiger partial charge in [-0.05, 0) is 49.4 Å². The maximum atomic E-state index is 12.9. The van der Waals surface area contributed by atoms with E-state index < -0.39 is 0 Å². The van der Waals surface area contributed by atoms with E-state index >= 15 is 0 Å². The van der Waals surface area contributed by atoms with Crippen LogP contribution in [0.25, 0.3) is 16.7 Å². The second kappa shape index (κ2) is 8.98. The van der Waals surface area contributed by atoms with Crippen molar-refractivity contribution in [3.8, 4) is 0 Å². The number of fused-ring (bicyclic) bond motifs is 1. The van der Waals surface area contributed by atoms with Crippen molar-refractivity contribution in [1.29, 1.82) is 0 Å². The first-order valence-electron chi connectivity index (χ1n) is 9.52. The van der Waals surface area contributed by atoms with Crippen LogP contribution < -0.4 is 5.69 Å². The van der Waals surface area contributed by atoms with Crippen molar-refractivity contribution in [3.05, 3.63) is 76.5 Å². The molecule has 0 saturated heterocycles. The predicted octanol–water partition coefficient (Wildman–Crippen LogP) is 2.85. The minimum absolute atomic E-state index is 0. The molecule has 7 heteroatoms. The third-order valence-corrected chi connectivity index (χ3v) is 5.19. The molecular formula is C22H24FN3O3. The Bertz CT molecular complexity index is 1080. The Kier molecular flexibility index (Phi) is 6.41. The first-order chi connectivity index (χ1) is 13.6. The summed E-state index contributed by atoms with van der Waals surface area (Å²) in [6.07, 6.45) is 4.08. The van der Waals surface area contributed by atoms with Crippen LogP contribution in [-0.4, -0.2) is 45.3 Å². The van der Waals surface area contributed by atoms with Crippen molar-refractivity contribution in [1.82, 2.24) is 14.5 Å². The number of imidazole rings is 1. The topological polar surface area (TPSA) is 89.6 Å². The van der Waals surface area contributed by atoms with Crippen molar-refractivity contribution in [2.24, 2.45) is 0 Å². The summed E-state index contributed by atoms with van der Waals surface area (Å²) in [4.78, 5) is 29.7. The first-order valence-corrected chi connectivity index (χ1v) is 9.52. The average Bonchev–Trinajstić information content (AvgIpc) is 3.05. The fraction of sp³-hybridized carbons (Fsp3) is 0.273. The molecule has 0 amide bonds. The molecule has 2 aromatic carbocycles. The van der Waals surface area contributed by atoms with Crippen molar-refractivity contribution >= 4 is 22.5 Å². The Hall–Kier alpha value is -3.03. The van der Waals surface area contributed by atoms with E-state index in [1.54, 1.807) is 4.57 Å². The summed E-state index contributed by atoms with van der Waals surface area (Å²) in [5.74, 6) is -0.291. The number of hydrogen-bond donors (Lipinski definition) is 1. The largest absolute Gasteiger partial charge is 0.412 e. The van der Waals surface area contributed by atoms with Crippen molar-refractivity contribution < 1.29 is 14.7 Å². The van der Waals surface area contributed by atoms with E-state index in [-0.39, 0.29) is 22.8 Å². The number of carbonyl (C=O) groups excluding carboxylic acids is 1. The van der Waals surface area contributed by atoms with Gasteiger partial charge in [0.2, 0.25) is 0 Å². The number of carbonyl (C=O) groups is 1. The second-order valence-corrected chi connectivity index (χ2v) is 7.06. The van der Waals surface area contributed by atoms with E-state index in [1.165, 1.54) is 24.3 Å². The zero-order valence-electron chi connectivity index (χ0n) is 16.0.